The number of nitrogens with zero attached hydrogens (tertiary/aromatic N) is 1. The van der Waals surface area contributed by atoms with Gasteiger partial charge in [0.15, 0.2) is 0 Å². The van der Waals surface area contributed by atoms with E-state index in [0.717, 1.165) is 5.46 Å². The van der Waals surface area contributed by atoms with Crippen LogP contribution in [0.15, 0.2) is 66.7 Å². The predicted molar refractivity (Wildman–Crippen MR) is 104 cm³/mol. The third-order valence-corrected chi connectivity index (χ3v) is 4.39. The van der Waals surface area contributed by atoms with E-state index in [2.05, 4.69) is 0 Å². The summed E-state index contributed by atoms with van der Waals surface area (Å²) >= 11 is 0. The van der Waals surface area contributed by atoms with E-state index in [1.165, 1.54) is 13.2 Å². The largest absolute Gasteiger partial charge is 0.496 e. The van der Waals surface area contributed by atoms with Crippen molar-refractivity contribution in [2.75, 3.05) is 7.11 Å². The molecule has 0 spiro atoms. The van der Waals surface area contributed by atoms with Crippen molar-refractivity contribution < 1.29 is 14.8 Å². The van der Waals surface area contributed by atoms with Gasteiger partial charge >= 0.3 is 0 Å². The zero-order valence-electron chi connectivity index (χ0n) is 14.5. The van der Waals surface area contributed by atoms with E-state index < -0.39 is 11.0 Å². The smallest absolute Gasteiger partial charge is 0.276 e. The fourth-order valence-electron chi connectivity index (χ4n) is 3.16. The molecule has 0 amide bonds. The molecule has 1 atom stereocenters. The van der Waals surface area contributed by atoms with Crippen LogP contribution in [-0.2, 0) is 0 Å². The van der Waals surface area contributed by atoms with Crippen LogP contribution in [0.1, 0.15) is 17.2 Å². The molecule has 130 valence electrons. The second kappa shape index (κ2) is 7.41. The van der Waals surface area contributed by atoms with Crippen LogP contribution in [0.3, 0.4) is 0 Å². The summed E-state index contributed by atoms with van der Waals surface area (Å²) in [6.07, 6.45) is -0.930. The molecule has 3 aromatic carbocycles. The standard InChI is InChI=1S/C20H18BNO4/c1-26-17-12-5-9-14(20(23)13-7-3-2-4-8-13)18(17)19-15(21)10-6-11-16(19)22(24)25/h2-12,20,23H,21H2,1H3. The molecule has 0 saturated heterocycles. The van der Waals surface area contributed by atoms with Crippen LogP contribution in [0.4, 0.5) is 5.69 Å². The van der Waals surface area contributed by atoms with Gasteiger partial charge in [0.05, 0.1) is 17.6 Å². The molecule has 0 bridgehead atoms. The quantitative estimate of drug-likeness (QED) is 0.437. The number of aliphatic hydroxyl groups is 1. The second-order valence-electron chi connectivity index (χ2n) is 5.96. The summed E-state index contributed by atoms with van der Waals surface area (Å²) in [4.78, 5) is 11.2. The van der Waals surface area contributed by atoms with Crippen molar-refractivity contribution in [1.82, 2.24) is 0 Å². The molecule has 0 saturated carbocycles. The zero-order valence-corrected chi connectivity index (χ0v) is 14.5. The summed E-state index contributed by atoms with van der Waals surface area (Å²) in [5.41, 5.74) is 2.99. The lowest BCUT2D eigenvalue weighted by Crippen LogP contribution is -2.13. The van der Waals surface area contributed by atoms with Crippen molar-refractivity contribution in [2.45, 2.75) is 6.10 Å². The predicted octanol–water partition coefficient (Wildman–Crippen LogP) is 2.61. The molecule has 3 aromatic rings. The molecule has 5 nitrogen and oxygen atoms in total. The third kappa shape index (κ3) is 3.19. The van der Waals surface area contributed by atoms with Gasteiger partial charge in [0.1, 0.15) is 19.7 Å². The Bertz CT molecular complexity index is 944. The highest BCUT2D eigenvalue weighted by atomic mass is 16.6. The fraction of sp³-hybridized carbons (Fsp3) is 0.100. The lowest BCUT2D eigenvalue weighted by atomic mass is 9.82. The lowest BCUT2D eigenvalue weighted by Gasteiger charge is -2.20. The summed E-state index contributed by atoms with van der Waals surface area (Å²) in [5, 5.41) is 22.5. The minimum absolute atomic E-state index is 0.0176. The van der Waals surface area contributed by atoms with E-state index >= 15 is 0 Å². The maximum atomic E-state index is 11.6. The topological polar surface area (TPSA) is 72.6 Å². The number of methoxy groups -OCH3 is 1. The molecule has 3 rings (SSSR count). The summed E-state index contributed by atoms with van der Waals surface area (Å²) in [5.74, 6) is 0.481. The molecule has 1 unspecified atom stereocenters. The molecule has 0 radical (unpaired) electrons. The van der Waals surface area contributed by atoms with Crippen molar-refractivity contribution in [1.29, 1.82) is 0 Å². The van der Waals surface area contributed by atoms with Gasteiger partial charge < -0.3 is 9.84 Å². The Labute approximate surface area is 152 Å². The van der Waals surface area contributed by atoms with E-state index in [1.807, 2.05) is 44.2 Å². The van der Waals surface area contributed by atoms with E-state index in [1.54, 1.807) is 24.3 Å². The minimum Gasteiger partial charge on any atom is -0.496 e. The Morgan fingerprint density at radius 1 is 1.00 bits per heavy atom. The number of hydrogen-bond acceptors (Lipinski definition) is 4. The average molecular weight is 347 g/mol. The van der Waals surface area contributed by atoms with Crippen LogP contribution in [-0.4, -0.2) is 25.0 Å². The molecule has 0 aromatic heterocycles. The Hall–Kier alpha value is -3.12. The molecular weight excluding hydrogens is 329 g/mol. The van der Waals surface area contributed by atoms with Crippen molar-refractivity contribution in [3.8, 4) is 16.9 Å². The Morgan fingerprint density at radius 3 is 2.35 bits per heavy atom. The van der Waals surface area contributed by atoms with E-state index in [0.29, 0.717) is 28.0 Å². The molecule has 1 N–H and O–H groups in total. The number of nitro groups is 1. The third-order valence-electron chi connectivity index (χ3n) is 4.39. The van der Waals surface area contributed by atoms with Gasteiger partial charge in [-0.15, -0.1) is 0 Å². The van der Waals surface area contributed by atoms with Gasteiger partial charge in [-0.2, -0.15) is 0 Å². The van der Waals surface area contributed by atoms with Gasteiger partial charge in [0.2, 0.25) is 0 Å². The van der Waals surface area contributed by atoms with Gasteiger partial charge in [0, 0.05) is 11.6 Å². The van der Waals surface area contributed by atoms with Crippen LogP contribution in [0.25, 0.3) is 11.1 Å². The number of hydrogen-bond donors (Lipinski definition) is 1. The van der Waals surface area contributed by atoms with E-state index in [4.69, 9.17) is 4.74 Å². The molecule has 26 heavy (non-hydrogen) atoms. The highest BCUT2D eigenvalue weighted by Crippen LogP contribution is 2.41. The van der Waals surface area contributed by atoms with Gasteiger partial charge in [-0.25, -0.2) is 0 Å². The van der Waals surface area contributed by atoms with Gasteiger partial charge in [0.25, 0.3) is 5.69 Å². The van der Waals surface area contributed by atoms with Crippen molar-refractivity contribution in [3.05, 3.63) is 88.0 Å². The molecule has 0 aliphatic heterocycles. The number of nitro benzene ring substituents is 1. The van der Waals surface area contributed by atoms with E-state index in [9.17, 15) is 15.2 Å². The highest BCUT2D eigenvalue weighted by molar-refractivity contribution is 6.36. The number of aliphatic hydroxyl groups excluding tert-OH is 1. The van der Waals surface area contributed by atoms with Crippen molar-refractivity contribution in [2.24, 2.45) is 0 Å². The number of ether oxygens (including phenoxy) is 1. The molecule has 0 heterocycles. The second-order valence-corrected chi connectivity index (χ2v) is 5.96. The molecule has 6 heteroatoms. The summed E-state index contributed by atoms with van der Waals surface area (Å²) in [6, 6.07) is 19.4. The summed E-state index contributed by atoms with van der Waals surface area (Å²) in [6.45, 7) is 0. The van der Waals surface area contributed by atoms with Crippen LogP contribution >= 0.6 is 0 Å². The SMILES string of the molecule is Bc1cccc([N+](=O)[O-])c1-c1c(OC)cccc1C(O)c1ccccc1. The monoisotopic (exact) mass is 347 g/mol. The number of benzene rings is 3. The normalized spacial score (nSPS) is 11.8. The van der Waals surface area contributed by atoms with Gasteiger partial charge in [-0.05, 0) is 17.2 Å². The molecule has 0 aliphatic carbocycles. The molecular formula is C20H18BNO4. The Balaban J connectivity index is 2.31. The first-order valence-corrected chi connectivity index (χ1v) is 8.19. The fourth-order valence-corrected chi connectivity index (χ4v) is 3.16. The Morgan fingerprint density at radius 2 is 1.69 bits per heavy atom. The van der Waals surface area contributed by atoms with Gasteiger partial charge in [-0.1, -0.05) is 60.1 Å². The maximum Gasteiger partial charge on any atom is 0.276 e. The molecule has 0 fully saturated rings. The van der Waals surface area contributed by atoms with Crippen LogP contribution < -0.4 is 10.2 Å². The Kier molecular flexibility index (Phi) is 5.05. The van der Waals surface area contributed by atoms with Crippen molar-refractivity contribution in [3.63, 3.8) is 0 Å². The van der Waals surface area contributed by atoms with Crippen molar-refractivity contribution >= 4 is 19.0 Å². The highest BCUT2D eigenvalue weighted by Gasteiger charge is 2.26. The maximum absolute atomic E-state index is 11.6. The van der Waals surface area contributed by atoms with Crippen LogP contribution in [0.2, 0.25) is 0 Å². The first-order chi connectivity index (χ1) is 12.5. The van der Waals surface area contributed by atoms with Crippen LogP contribution in [0, 0.1) is 10.1 Å². The van der Waals surface area contributed by atoms with E-state index in [-0.39, 0.29) is 5.69 Å². The number of rotatable bonds is 5. The van der Waals surface area contributed by atoms with Gasteiger partial charge in [-0.3, -0.25) is 10.1 Å². The zero-order chi connectivity index (χ0) is 18.7. The first-order valence-electron chi connectivity index (χ1n) is 8.19. The van der Waals surface area contributed by atoms with Crippen LogP contribution in [0.5, 0.6) is 5.75 Å². The average Bonchev–Trinajstić information content (AvgIpc) is 2.67. The lowest BCUT2D eigenvalue weighted by molar-refractivity contribution is -0.384. The summed E-state index contributed by atoms with van der Waals surface area (Å²) < 4.78 is 5.48. The molecule has 0 aliphatic rings. The minimum atomic E-state index is -0.930. The first kappa shape index (κ1) is 17.7. The summed E-state index contributed by atoms with van der Waals surface area (Å²) in [7, 11) is 3.33.